The second-order valence-corrected chi connectivity index (χ2v) is 8.44. The molecule has 2 aromatic rings. The summed E-state index contributed by atoms with van der Waals surface area (Å²) in [6, 6.07) is 16.4. The van der Waals surface area contributed by atoms with E-state index in [1.165, 1.54) is 5.56 Å². The Balaban J connectivity index is 1.74. The van der Waals surface area contributed by atoms with Crippen LogP contribution in [-0.4, -0.2) is 11.7 Å². The number of carbonyl (C=O) groups is 2. The molecule has 2 aliphatic carbocycles. The third-order valence-electron chi connectivity index (χ3n) is 5.54. The first-order chi connectivity index (χ1) is 12.5. The monoisotopic (exact) mass is 363 g/mol. The first-order valence-electron chi connectivity index (χ1n) is 8.85. The van der Waals surface area contributed by atoms with Crippen LogP contribution >= 0.6 is 11.8 Å². The molecule has 132 valence electrons. The van der Waals surface area contributed by atoms with Gasteiger partial charge >= 0.3 is 0 Å². The second-order valence-electron chi connectivity index (χ2n) is 7.33. The molecule has 4 heteroatoms. The number of allylic oxidation sites excluding steroid dienone is 2. The van der Waals surface area contributed by atoms with Crippen molar-refractivity contribution in [2.75, 3.05) is 0 Å². The quantitative estimate of drug-likeness (QED) is 0.886. The Bertz CT molecular complexity index is 916. The zero-order chi connectivity index (χ0) is 18.3. The predicted octanol–water partition coefficient (Wildman–Crippen LogP) is 4.18. The highest BCUT2D eigenvalue weighted by Gasteiger charge is 2.50. The van der Waals surface area contributed by atoms with Gasteiger partial charge in [-0.2, -0.15) is 0 Å². The molecule has 0 aromatic heterocycles. The van der Waals surface area contributed by atoms with Crippen LogP contribution in [0, 0.1) is 12.8 Å². The maximum absolute atomic E-state index is 12.6. The molecular weight excluding hydrogens is 342 g/mol. The summed E-state index contributed by atoms with van der Waals surface area (Å²) >= 11 is 1.66. The van der Waals surface area contributed by atoms with Gasteiger partial charge in [0.1, 0.15) is 0 Å². The summed E-state index contributed by atoms with van der Waals surface area (Å²) in [5.74, 6) is 0.0371. The minimum absolute atomic E-state index is 0.160. The van der Waals surface area contributed by atoms with Crippen molar-refractivity contribution < 1.29 is 9.59 Å². The van der Waals surface area contributed by atoms with Gasteiger partial charge in [0.15, 0.2) is 5.78 Å². The Morgan fingerprint density at radius 3 is 2.58 bits per heavy atom. The van der Waals surface area contributed by atoms with E-state index in [1.54, 1.807) is 17.8 Å². The SMILES string of the molecule is Cc1ccc(Sc2ccccc2[C@@]2(C(N)=O)CC3=CC(=O)C[C@H]3C2)cc1. The highest BCUT2D eigenvalue weighted by Crippen LogP contribution is 2.52. The van der Waals surface area contributed by atoms with E-state index >= 15 is 0 Å². The molecule has 2 aliphatic rings. The van der Waals surface area contributed by atoms with Gasteiger partial charge < -0.3 is 5.73 Å². The fraction of sp³-hybridized carbons (Fsp3) is 0.273. The molecule has 3 nitrogen and oxygen atoms in total. The van der Waals surface area contributed by atoms with E-state index in [4.69, 9.17) is 5.73 Å². The molecule has 1 amide bonds. The number of amides is 1. The highest BCUT2D eigenvalue weighted by molar-refractivity contribution is 7.99. The van der Waals surface area contributed by atoms with Crippen molar-refractivity contribution in [2.45, 2.75) is 41.4 Å². The lowest BCUT2D eigenvalue weighted by Crippen LogP contribution is -2.39. The summed E-state index contributed by atoms with van der Waals surface area (Å²) in [4.78, 5) is 26.5. The average molecular weight is 363 g/mol. The molecule has 4 rings (SSSR count). The van der Waals surface area contributed by atoms with Gasteiger partial charge in [-0.05, 0) is 55.5 Å². The third kappa shape index (κ3) is 2.88. The number of nitrogens with two attached hydrogens (primary N) is 1. The van der Waals surface area contributed by atoms with Gasteiger partial charge in [0.25, 0.3) is 0 Å². The van der Waals surface area contributed by atoms with E-state index in [1.807, 2.05) is 18.2 Å². The standard InChI is InChI=1S/C22H21NO2S/c1-14-6-8-18(9-7-14)26-20-5-3-2-4-19(20)22(21(23)25)12-15-10-17(24)11-16(15)13-22/h2-10,16H,11-13H2,1H3,(H2,23,25)/t16-,22+/m0/s1. The number of ketones is 1. The van der Waals surface area contributed by atoms with Crippen molar-refractivity contribution in [2.24, 2.45) is 11.7 Å². The van der Waals surface area contributed by atoms with E-state index in [0.717, 1.165) is 20.9 Å². The minimum Gasteiger partial charge on any atom is -0.369 e. The van der Waals surface area contributed by atoms with E-state index < -0.39 is 5.41 Å². The van der Waals surface area contributed by atoms with Gasteiger partial charge in [0.2, 0.25) is 5.91 Å². The number of benzene rings is 2. The molecule has 0 saturated heterocycles. The zero-order valence-electron chi connectivity index (χ0n) is 14.7. The van der Waals surface area contributed by atoms with Crippen molar-refractivity contribution in [1.82, 2.24) is 0 Å². The number of hydrogen-bond donors (Lipinski definition) is 1. The largest absolute Gasteiger partial charge is 0.369 e. The van der Waals surface area contributed by atoms with E-state index in [9.17, 15) is 9.59 Å². The molecular formula is C22H21NO2S. The van der Waals surface area contributed by atoms with Crippen molar-refractivity contribution in [3.8, 4) is 0 Å². The highest BCUT2D eigenvalue weighted by atomic mass is 32.2. The first-order valence-corrected chi connectivity index (χ1v) is 9.67. The Labute approximate surface area is 157 Å². The molecule has 2 N–H and O–H groups in total. The first kappa shape index (κ1) is 17.1. The number of primary amides is 1. The zero-order valence-corrected chi connectivity index (χ0v) is 15.5. The summed E-state index contributed by atoms with van der Waals surface area (Å²) in [6.07, 6.45) is 3.43. The van der Waals surface area contributed by atoms with E-state index in [-0.39, 0.29) is 17.6 Å². The number of aryl methyl sites for hydroxylation is 1. The normalized spacial score (nSPS) is 24.4. The summed E-state index contributed by atoms with van der Waals surface area (Å²) < 4.78 is 0. The van der Waals surface area contributed by atoms with Crippen molar-refractivity contribution in [1.29, 1.82) is 0 Å². The molecule has 0 unspecified atom stereocenters. The van der Waals surface area contributed by atoms with Crippen molar-refractivity contribution >= 4 is 23.5 Å². The van der Waals surface area contributed by atoms with Crippen LogP contribution in [0.25, 0.3) is 0 Å². The van der Waals surface area contributed by atoms with Gasteiger partial charge in [0, 0.05) is 16.2 Å². The lowest BCUT2D eigenvalue weighted by Gasteiger charge is -2.28. The molecule has 1 fully saturated rings. The lowest BCUT2D eigenvalue weighted by atomic mass is 9.76. The van der Waals surface area contributed by atoms with Gasteiger partial charge in [-0.1, -0.05) is 53.2 Å². The maximum atomic E-state index is 12.6. The molecule has 26 heavy (non-hydrogen) atoms. The van der Waals surface area contributed by atoms with Crippen LogP contribution in [0.4, 0.5) is 0 Å². The molecule has 0 aliphatic heterocycles. The molecule has 2 atom stereocenters. The van der Waals surface area contributed by atoms with E-state index in [0.29, 0.717) is 19.3 Å². The Hall–Kier alpha value is -2.33. The fourth-order valence-corrected chi connectivity index (χ4v) is 5.25. The Morgan fingerprint density at radius 1 is 1.15 bits per heavy atom. The lowest BCUT2D eigenvalue weighted by molar-refractivity contribution is -0.124. The minimum atomic E-state index is -0.717. The number of rotatable bonds is 4. The smallest absolute Gasteiger partial charge is 0.228 e. The van der Waals surface area contributed by atoms with Gasteiger partial charge in [-0.25, -0.2) is 0 Å². The molecule has 0 spiro atoms. The van der Waals surface area contributed by atoms with Crippen molar-refractivity contribution in [3.63, 3.8) is 0 Å². The van der Waals surface area contributed by atoms with Gasteiger partial charge in [-0.3, -0.25) is 9.59 Å². The predicted molar refractivity (Wildman–Crippen MR) is 103 cm³/mol. The summed E-state index contributed by atoms with van der Waals surface area (Å²) in [5, 5.41) is 0. The van der Waals surface area contributed by atoms with Crippen LogP contribution in [0.15, 0.2) is 70.0 Å². The average Bonchev–Trinajstić information content (AvgIpc) is 3.12. The summed E-state index contributed by atoms with van der Waals surface area (Å²) in [5.41, 5.74) is 8.50. The van der Waals surface area contributed by atoms with Crippen LogP contribution in [0.5, 0.6) is 0 Å². The fourth-order valence-electron chi connectivity index (χ4n) is 4.21. The maximum Gasteiger partial charge on any atom is 0.228 e. The summed E-state index contributed by atoms with van der Waals surface area (Å²) in [6.45, 7) is 2.07. The Morgan fingerprint density at radius 2 is 1.88 bits per heavy atom. The van der Waals surface area contributed by atoms with Crippen LogP contribution in [0.3, 0.4) is 0 Å². The van der Waals surface area contributed by atoms with Crippen LogP contribution in [-0.2, 0) is 15.0 Å². The van der Waals surface area contributed by atoms with Gasteiger partial charge in [-0.15, -0.1) is 0 Å². The second kappa shape index (κ2) is 6.44. The van der Waals surface area contributed by atoms with E-state index in [2.05, 4.69) is 37.3 Å². The van der Waals surface area contributed by atoms with Crippen LogP contribution in [0.2, 0.25) is 0 Å². The molecule has 2 aromatic carbocycles. The van der Waals surface area contributed by atoms with Gasteiger partial charge in [0.05, 0.1) is 5.41 Å². The third-order valence-corrected chi connectivity index (χ3v) is 6.63. The summed E-state index contributed by atoms with van der Waals surface area (Å²) in [7, 11) is 0. The van der Waals surface area contributed by atoms with Crippen LogP contribution < -0.4 is 5.73 Å². The molecule has 1 saturated carbocycles. The molecule has 0 radical (unpaired) electrons. The number of carbonyl (C=O) groups excluding carboxylic acids is 2. The molecule has 0 bridgehead atoms. The Kier molecular flexibility index (Phi) is 4.23. The van der Waals surface area contributed by atoms with Crippen molar-refractivity contribution in [3.05, 3.63) is 71.3 Å². The number of hydrogen-bond acceptors (Lipinski definition) is 3. The van der Waals surface area contributed by atoms with Crippen LogP contribution in [0.1, 0.15) is 30.4 Å². The molecule has 0 heterocycles. The number of fused-ring (bicyclic) bond motifs is 1. The topological polar surface area (TPSA) is 60.2 Å².